The number of urea groups is 1. The molecular formula is C25H22FN7O2. The molecule has 2 N–H and O–H groups in total. The summed E-state index contributed by atoms with van der Waals surface area (Å²) in [4.78, 5) is 39.0. The number of fused-ring (bicyclic) bond motifs is 2. The molecule has 1 saturated heterocycles. The highest BCUT2D eigenvalue weighted by Gasteiger charge is 2.30. The van der Waals surface area contributed by atoms with E-state index in [-0.39, 0.29) is 29.7 Å². The molecular weight excluding hydrogens is 449 g/mol. The summed E-state index contributed by atoms with van der Waals surface area (Å²) in [6, 6.07) is 5.91. The summed E-state index contributed by atoms with van der Waals surface area (Å²) in [5.74, 6) is 0.137. The molecule has 2 atom stereocenters. The zero-order chi connectivity index (χ0) is 24.1. The lowest BCUT2D eigenvalue weighted by atomic mass is 9.93. The number of hydrogen-bond donors (Lipinski definition) is 2. The first-order valence-corrected chi connectivity index (χ1v) is 11.4. The molecule has 176 valence electrons. The van der Waals surface area contributed by atoms with Crippen molar-refractivity contribution < 1.29 is 14.0 Å². The van der Waals surface area contributed by atoms with Crippen molar-refractivity contribution in [2.75, 3.05) is 18.0 Å². The highest BCUT2D eigenvalue weighted by atomic mass is 19.1. The van der Waals surface area contributed by atoms with E-state index in [0.29, 0.717) is 29.3 Å². The van der Waals surface area contributed by atoms with Gasteiger partial charge in [-0.2, -0.15) is 4.99 Å². The number of imidazole rings is 1. The summed E-state index contributed by atoms with van der Waals surface area (Å²) in [6.07, 6.45) is 10.2. The number of nitrogens with one attached hydrogen (secondary N) is 2. The fourth-order valence-electron chi connectivity index (χ4n) is 4.93. The predicted octanol–water partition coefficient (Wildman–Crippen LogP) is 2.95. The van der Waals surface area contributed by atoms with Crippen LogP contribution in [0.3, 0.4) is 0 Å². The van der Waals surface area contributed by atoms with Crippen LogP contribution in [0.2, 0.25) is 0 Å². The van der Waals surface area contributed by atoms with Gasteiger partial charge in [-0.25, -0.2) is 19.2 Å². The Kier molecular flexibility index (Phi) is 4.94. The Morgan fingerprint density at radius 3 is 2.89 bits per heavy atom. The summed E-state index contributed by atoms with van der Waals surface area (Å²) in [5.41, 5.74) is 4.29. The van der Waals surface area contributed by atoms with Crippen molar-refractivity contribution in [1.82, 2.24) is 25.0 Å². The van der Waals surface area contributed by atoms with E-state index in [1.54, 1.807) is 18.3 Å². The average molecular weight is 471 g/mol. The summed E-state index contributed by atoms with van der Waals surface area (Å²) >= 11 is 0. The molecule has 35 heavy (non-hydrogen) atoms. The van der Waals surface area contributed by atoms with Crippen molar-refractivity contribution in [2.45, 2.75) is 25.3 Å². The predicted molar refractivity (Wildman–Crippen MR) is 129 cm³/mol. The summed E-state index contributed by atoms with van der Waals surface area (Å²) < 4.78 is 15.7. The van der Waals surface area contributed by atoms with Gasteiger partial charge in [0.1, 0.15) is 5.82 Å². The van der Waals surface area contributed by atoms with Crippen molar-refractivity contribution in [1.29, 1.82) is 0 Å². The van der Waals surface area contributed by atoms with Gasteiger partial charge in [0.05, 0.1) is 22.8 Å². The molecule has 2 aromatic heterocycles. The van der Waals surface area contributed by atoms with Gasteiger partial charge in [0, 0.05) is 49.9 Å². The smallest absolute Gasteiger partial charge is 0.346 e. The number of aliphatic imine (C=N–C) groups is 1. The third-order valence-electron chi connectivity index (χ3n) is 6.44. The van der Waals surface area contributed by atoms with Gasteiger partial charge >= 0.3 is 6.03 Å². The minimum atomic E-state index is -0.386. The molecule has 0 radical (unpaired) electrons. The molecule has 6 rings (SSSR count). The number of rotatable bonds is 4. The van der Waals surface area contributed by atoms with Crippen molar-refractivity contribution in [3.05, 3.63) is 72.1 Å². The molecule has 9 nitrogen and oxygen atoms in total. The summed E-state index contributed by atoms with van der Waals surface area (Å²) in [7, 11) is 0. The second-order valence-corrected chi connectivity index (χ2v) is 8.82. The highest BCUT2D eigenvalue weighted by Crippen LogP contribution is 2.36. The quantitative estimate of drug-likeness (QED) is 0.609. The van der Waals surface area contributed by atoms with Crippen LogP contribution in [0.5, 0.6) is 0 Å². The number of carbonyl (C=O) groups excluding carboxylic acids is 2. The molecule has 0 bridgehead atoms. The van der Waals surface area contributed by atoms with Gasteiger partial charge in [0.2, 0.25) is 5.91 Å². The summed E-state index contributed by atoms with van der Waals surface area (Å²) in [5, 5.41) is 5.75. The topological polar surface area (TPSA) is 104 Å². The third kappa shape index (κ3) is 3.76. The lowest BCUT2D eigenvalue weighted by Crippen LogP contribution is -2.35. The second kappa shape index (κ2) is 8.15. The lowest BCUT2D eigenvalue weighted by Gasteiger charge is -2.19. The van der Waals surface area contributed by atoms with Gasteiger partial charge in [-0.05, 0) is 42.8 Å². The van der Waals surface area contributed by atoms with Crippen LogP contribution in [0.25, 0.3) is 16.9 Å². The van der Waals surface area contributed by atoms with Gasteiger partial charge in [-0.3, -0.25) is 9.20 Å². The molecule has 3 amide bonds. The Hall–Kier alpha value is -4.34. The van der Waals surface area contributed by atoms with E-state index < -0.39 is 0 Å². The SMILES string of the molecule is CC(=O)N[C@@H]1CCN(c2nccn3c(C4C=CC5=NC(=O)NC5=C4)c(-c4ccc(F)cc4)nc23)C1. The lowest BCUT2D eigenvalue weighted by molar-refractivity contribution is -0.119. The van der Waals surface area contributed by atoms with E-state index in [4.69, 9.17) is 4.98 Å². The second-order valence-electron chi connectivity index (χ2n) is 8.82. The van der Waals surface area contributed by atoms with Crippen molar-refractivity contribution in [3.63, 3.8) is 0 Å². The van der Waals surface area contributed by atoms with Crippen LogP contribution in [0.1, 0.15) is 25.0 Å². The van der Waals surface area contributed by atoms with Gasteiger partial charge < -0.3 is 15.5 Å². The zero-order valence-electron chi connectivity index (χ0n) is 18.9. The van der Waals surface area contributed by atoms with E-state index in [0.717, 1.165) is 30.0 Å². The first-order chi connectivity index (χ1) is 17.0. The van der Waals surface area contributed by atoms with Crippen LogP contribution in [0, 0.1) is 5.82 Å². The fraction of sp³-hybridized carbons (Fsp3) is 0.240. The van der Waals surface area contributed by atoms with Crippen molar-refractivity contribution >= 4 is 29.1 Å². The standard InChI is InChI=1S/C25H22FN7O2/c1-14(34)28-18-8-10-32(13-18)23-24-31-21(15-2-5-17(26)6-3-15)22(33(24)11-9-27-23)16-4-7-19-20(12-16)30-25(35)29-19/h2-7,9,11-12,16,18H,8,10,13H2,1H3,(H,28,34)(H,30,35)/t16?,18-/m1/s1. The number of allylic oxidation sites excluding steroid dienone is 3. The van der Waals surface area contributed by atoms with E-state index in [1.165, 1.54) is 19.1 Å². The van der Waals surface area contributed by atoms with Crippen molar-refractivity contribution in [3.8, 4) is 11.3 Å². The molecule has 3 aromatic rings. The number of benzene rings is 1. The number of anilines is 1. The fourth-order valence-corrected chi connectivity index (χ4v) is 4.93. The average Bonchev–Trinajstić information content (AvgIpc) is 3.54. The number of hydrogen-bond acceptors (Lipinski definition) is 5. The highest BCUT2D eigenvalue weighted by molar-refractivity contribution is 6.19. The van der Waals surface area contributed by atoms with Gasteiger partial charge in [0.25, 0.3) is 0 Å². The maximum atomic E-state index is 13.7. The largest absolute Gasteiger partial charge is 0.352 e. The molecule has 1 unspecified atom stereocenters. The molecule has 1 aromatic carbocycles. The van der Waals surface area contributed by atoms with Crippen LogP contribution >= 0.6 is 0 Å². The van der Waals surface area contributed by atoms with Gasteiger partial charge in [-0.15, -0.1) is 0 Å². The molecule has 2 aliphatic heterocycles. The van der Waals surface area contributed by atoms with Crippen LogP contribution in [0.15, 0.2) is 65.6 Å². The summed E-state index contributed by atoms with van der Waals surface area (Å²) in [6.45, 7) is 2.90. The van der Waals surface area contributed by atoms with E-state index in [9.17, 15) is 14.0 Å². The third-order valence-corrected chi connectivity index (χ3v) is 6.44. The number of carbonyl (C=O) groups is 2. The Labute approximate surface area is 200 Å². The number of nitrogens with zero attached hydrogens (tertiary/aromatic N) is 5. The molecule has 1 aliphatic carbocycles. The molecule has 0 saturated carbocycles. The Balaban J connectivity index is 1.48. The normalized spacial score (nSPS) is 21.1. The molecule has 0 spiro atoms. The van der Waals surface area contributed by atoms with Crippen LogP contribution in [-0.2, 0) is 4.79 Å². The molecule has 1 fully saturated rings. The maximum Gasteiger partial charge on any atom is 0.346 e. The number of amides is 3. The van der Waals surface area contributed by atoms with Crippen LogP contribution < -0.4 is 15.5 Å². The number of halogens is 1. The molecule has 3 aliphatic rings. The first kappa shape index (κ1) is 21.2. The first-order valence-electron chi connectivity index (χ1n) is 11.4. The monoisotopic (exact) mass is 471 g/mol. The van der Waals surface area contributed by atoms with Gasteiger partial charge in [0.15, 0.2) is 11.5 Å². The van der Waals surface area contributed by atoms with Crippen LogP contribution in [-0.4, -0.2) is 51.1 Å². The Morgan fingerprint density at radius 2 is 2.09 bits per heavy atom. The Morgan fingerprint density at radius 1 is 1.26 bits per heavy atom. The Bertz CT molecular complexity index is 1450. The number of aromatic nitrogens is 3. The van der Waals surface area contributed by atoms with Crippen molar-refractivity contribution in [2.24, 2.45) is 4.99 Å². The minimum absolute atomic E-state index is 0.0512. The van der Waals surface area contributed by atoms with Crippen LogP contribution in [0.4, 0.5) is 15.0 Å². The minimum Gasteiger partial charge on any atom is -0.352 e. The zero-order valence-corrected chi connectivity index (χ0v) is 18.9. The molecule has 10 heteroatoms. The van der Waals surface area contributed by atoms with E-state index in [2.05, 4.69) is 25.5 Å². The van der Waals surface area contributed by atoms with E-state index >= 15 is 0 Å². The van der Waals surface area contributed by atoms with Gasteiger partial charge in [-0.1, -0.05) is 6.08 Å². The molecule has 4 heterocycles. The van der Waals surface area contributed by atoms with E-state index in [1.807, 2.05) is 28.8 Å². The maximum absolute atomic E-state index is 13.7.